The number of carbonyl (C=O) groups excluding carboxylic acids is 2. The van der Waals surface area contributed by atoms with Crippen LogP contribution in [0, 0.1) is 0 Å². The monoisotopic (exact) mass is 1000 g/mol. The van der Waals surface area contributed by atoms with Crippen LogP contribution in [0.1, 0.15) is 136 Å². The number of esters is 2. The lowest BCUT2D eigenvalue weighted by molar-refractivity contribution is -0.216. The summed E-state index contributed by atoms with van der Waals surface area (Å²) in [5.41, 5.74) is 0. The lowest BCUT2D eigenvalue weighted by Gasteiger charge is -2.43. The maximum absolute atomic E-state index is 13.0. The number of aliphatic hydroxyl groups excluding tert-OH is 5. The van der Waals surface area contributed by atoms with Gasteiger partial charge < -0.3 is 49.7 Å². The minimum absolute atomic E-state index is 0.0126. The quantitative estimate of drug-likeness (QED) is 0.0125. The second kappa shape index (κ2) is 38.6. The smallest absolute Gasteiger partial charge is 0.462 e. The second-order valence-electron chi connectivity index (χ2n) is 16.3. The SMILES string of the molecule is CCCCC/C=C\C/C=C\C/C=C\C/C=C\CCCC(=O)O[C@H](COC(=O)CCC/C=C\C/C=C\C/C=C\C/C=C\CC(O)CCC)COP(=O)(O)O[C@H]1C(O)C(O)C(O)[C@@H](OP(=O)(O)O)C1O. The number of hydrogen-bond acceptors (Lipinski definition) is 14. The summed E-state index contributed by atoms with van der Waals surface area (Å²) in [6.45, 7) is 2.78. The van der Waals surface area contributed by atoms with Gasteiger partial charge >= 0.3 is 27.6 Å². The van der Waals surface area contributed by atoms with Crippen molar-refractivity contribution in [2.45, 2.75) is 185 Å². The van der Waals surface area contributed by atoms with Crippen LogP contribution in [0.25, 0.3) is 0 Å². The third-order valence-corrected chi connectivity index (χ3v) is 11.7. The first kappa shape index (κ1) is 62.9. The van der Waals surface area contributed by atoms with Gasteiger partial charge in [0.2, 0.25) is 0 Å². The molecule has 0 heterocycles. The van der Waals surface area contributed by atoms with Crippen LogP contribution in [-0.4, -0.2) is 114 Å². The van der Waals surface area contributed by atoms with Crippen molar-refractivity contribution in [3.8, 4) is 0 Å². The Labute approximate surface area is 403 Å². The number of phosphoric ester groups is 2. The molecule has 0 spiro atoms. The zero-order chi connectivity index (χ0) is 50.5. The van der Waals surface area contributed by atoms with Crippen LogP contribution in [-0.2, 0) is 41.8 Å². The average molecular weight is 1000 g/mol. The van der Waals surface area contributed by atoms with Crippen molar-refractivity contribution >= 4 is 27.6 Å². The van der Waals surface area contributed by atoms with Crippen LogP contribution in [0.3, 0.4) is 0 Å². The number of carbonyl (C=O) groups is 2. The van der Waals surface area contributed by atoms with Gasteiger partial charge in [-0.2, -0.15) is 0 Å². The summed E-state index contributed by atoms with van der Waals surface area (Å²) in [4.78, 5) is 54.2. The lowest BCUT2D eigenvalue weighted by atomic mass is 9.85. The van der Waals surface area contributed by atoms with Gasteiger partial charge in [-0.25, -0.2) is 9.13 Å². The van der Waals surface area contributed by atoms with Crippen LogP contribution < -0.4 is 0 Å². The highest BCUT2D eigenvalue weighted by atomic mass is 31.2. The maximum Gasteiger partial charge on any atom is 0.472 e. The average Bonchev–Trinajstić information content (AvgIpc) is 3.29. The molecule has 1 aliphatic rings. The van der Waals surface area contributed by atoms with Gasteiger partial charge in [-0.1, -0.05) is 130 Å². The van der Waals surface area contributed by atoms with Crippen molar-refractivity contribution in [2.75, 3.05) is 13.2 Å². The zero-order valence-corrected chi connectivity index (χ0v) is 41.6. The predicted molar refractivity (Wildman–Crippen MR) is 261 cm³/mol. The van der Waals surface area contributed by atoms with Gasteiger partial charge in [0.05, 0.1) is 12.7 Å². The Hall–Kier alpha value is -3.12. The topological polar surface area (TPSA) is 276 Å². The van der Waals surface area contributed by atoms with Gasteiger partial charge in [0.1, 0.15) is 43.2 Å². The first-order valence-corrected chi connectivity index (χ1v) is 26.9. The fourth-order valence-electron chi connectivity index (χ4n) is 6.49. The highest BCUT2D eigenvalue weighted by Crippen LogP contribution is 2.49. The molecule has 17 nitrogen and oxygen atoms in total. The summed E-state index contributed by atoms with van der Waals surface area (Å²) in [6.07, 6.45) is 31.5. The lowest BCUT2D eigenvalue weighted by Crippen LogP contribution is -2.64. The van der Waals surface area contributed by atoms with E-state index in [1.54, 1.807) is 0 Å². The van der Waals surface area contributed by atoms with Crippen LogP contribution in [0.4, 0.5) is 0 Å². The number of rotatable bonds is 38. The van der Waals surface area contributed by atoms with Gasteiger partial charge in [-0.15, -0.1) is 0 Å². The number of hydrogen-bond donors (Lipinski definition) is 8. The predicted octanol–water partition coefficient (Wildman–Crippen LogP) is 8.14. The fourth-order valence-corrected chi connectivity index (χ4v) is 8.03. The summed E-state index contributed by atoms with van der Waals surface area (Å²) in [5, 5.41) is 51.0. The van der Waals surface area contributed by atoms with Gasteiger partial charge in [0.15, 0.2) is 6.10 Å². The molecule has 0 aromatic heterocycles. The van der Waals surface area contributed by atoms with E-state index in [2.05, 4.69) is 54.0 Å². The van der Waals surface area contributed by atoms with E-state index in [-0.39, 0.29) is 18.9 Å². The standard InChI is InChI=1S/C49H80O17P2/c1-3-5-6-7-8-9-10-11-12-13-14-17-21-24-27-30-33-37-43(52)64-41(39-63-68(60,61)66-49-46(55)44(53)45(54)48(47(49)56)65-67(57,58)59)38-62-42(51)36-32-29-26-23-20-18-15-16-19-22-25-28-31-35-40(50)34-4-2/h8-9,11-12,14-15,17-19,22-24,26-28,31,40-41,44-50,53-56H,3-7,10,13,16,20-21,25,29-30,32-39H2,1-2H3,(H,60,61)(H2,57,58,59)/b9-8-,12-11-,17-14-,18-15-,22-19-,26-23-,27-24-,31-28-/t40?,41-,44?,45?,46?,47?,48-,49+/m1/s1. The van der Waals surface area contributed by atoms with Gasteiger partial charge in [-0.3, -0.25) is 23.2 Å². The van der Waals surface area contributed by atoms with Crippen molar-refractivity contribution in [3.05, 3.63) is 97.2 Å². The number of allylic oxidation sites excluding steroid dienone is 15. The third-order valence-electron chi connectivity index (χ3n) is 10.2. The van der Waals surface area contributed by atoms with E-state index in [4.69, 9.17) is 18.5 Å². The Morgan fingerprint density at radius 2 is 0.971 bits per heavy atom. The van der Waals surface area contributed by atoms with Crippen LogP contribution >= 0.6 is 15.6 Å². The minimum Gasteiger partial charge on any atom is -0.462 e. The second-order valence-corrected chi connectivity index (χ2v) is 18.9. The Balaban J connectivity index is 2.69. The molecule has 0 bridgehead atoms. The number of ether oxygens (including phenoxy) is 2. The molecule has 0 aromatic rings. The highest BCUT2D eigenvalue weighted by Gasteiger charge is 2.54. The zero-order valence-electron chi connectivity index (χ0n) is 39.9. The molecule has 0 aliphatic heterocycles. The fraction of sp³-hybridized carbons (Fsp3) is 0.633. The number of unbranched alkanes of at least 4 members (excludes halogenated alkanes) is 5. The molecule has 1 fully saturated rings. The summed E-state index contributed by atoms with van der Waals surface area (Å²) in [5.74, 6) is -1.37. The number of aliphatic hydroxyl groups is 5. The normalized spacial score (nSPS) is 22.6. The van der Waals surface area contributed by atoms with Crippen molar-refractivity contribution in [2.24, 2.45) is 0 Å². The molecule has 1 aliphatic carbocycles. The van der Waals surface area contributed by atoms with E-state index < -0.39 is 83.5 Å². The van der Waals surface area contributed by atoms with E-state index in [0.29, 0.717) is 44.9 Å². The van der Waals surface area contributed by atoms with Crippen LogP contribution in [0.15, 0.2) is 97.2 Å². The molecule has 68 heavy (non-hydrogen) atoms. The Morgan fingerprint density at radius 1 is 0.529 bits per heavy atom. The molecular formula is C49H80O17P2. The molecule has 8 N–H and O–H groups in total. The maximum atomic E-state index is 13.0. The molecule has 0 aromatic carbocycles. The first-order valence-electron chi connectivity index (χ1n) is 23.9. The van der Waals surface area contributed by atoms with Crippen molar-refractivity contribution < 1.29 is 82.0 Å². The molecule has 1 rings (SSSR count). The molecule has 0 amide bonds. The van der Waals surface area contributed by atoms with E-state index in [0.717, 1.165) is 44.9 Å². The minimum atomic E-state index is -5.38. The van der Waals surface area contributed by atoms with Gasteiger partial charge in [0, 0.05) is 12.8 Å². The molecule has 19 heteroatoms. The molecular weight excluding hydrogens is 922 g/mol. The summed E-state index contributed by atoms with van der Waals surface area (Å²) in [7, 11) is -10.7. The Morgan fingerprint density at radius 3 is 1.44 bits per heavy atom. The van der Waals surface area contributed by atoms with E-state index >= 15 is 0 Å². The highest BCUT2D eigenvalue weighted by molar-refractivity contribution is 7.47. The summed E-state index contributed by atoms with van der Waals surface area (Å²) < 4.78 is 49.2. The van der Waals surface area contributed by atoms with E-state index in [1.165, 1.54) is 19.3 Å². The van der Waals surface area contributed by atoms with Crippen LogP contribution in [0.2, 0.25) is 0 Å². The van der Waals surface area contributed by atoms with Crippen molar-refractivity contribution in [3.63, 3.8) is 0 Å². The summed E-state index contributed by atoms with van der Waals surface area (Å²) in [6, 6.07) is 0. The van der Waals surface area contributed by atoms with E-state index in [9.17, 15) is 58.9 Å². The number of phosphoric acid groups is 2. The molecule has 9 atom stereocenters. The largest absolute Gasteiger partial charge is 0.472 e. The van der Waals surface area contributed by atoms with Gasteiger partial charge in [-0.05, 0) is 89.9 Å². The Kier molecular flexibility index (Phi) is 35.7. The first-order chi connectivity index (χ1) is 32.5. The molecule has 0 saturated heterocycles. The molecule has 6 unspecified atom stereocenters. The van der Waals surface area contributed by atoms with Crippen molar-refractivity contribution in [1.29, 1.82) is 0 Å². The third kappa shape index (κ3) is 32.6. The van der Waals surface area contributed by atoms with Crippen LogP contribution in [0.5, 0.6) is 0 Å². The summed E-state index contributed by atoms with van der Waals surface area (Å²) >= 11 is 0. The van der Waals surface area contributed by atoms with E-state index in [1.807, 2.05) is 61.6 Å². The molecule has 388 valence electrons. The molecule has 0 radical (unpaired) electrons. The van der Waals surface area contributed by atoms with Crippen molar-refractivity contribution in [1.82, 2.24) is 0 Å². The van der Waals surface area contributed by atoms with Gasteiger partial charge in [0.25, 0.3) is 0 Å². The molecule has 1 saturated carbocycles. The Bertz CT molecular complexity index is 1700.